The number of hydrogen-bond donors (Lipinski definition) is 2. The summed E-state index contributed by atoms with van der Waals surface area (Å²) >= 11 is 5.32. The average Bonchev–Trinajstić information content (AvgIpc) is 2.68. The molecular formula is C21H21N3OS. The van der Waals surface area contributed by atoms with Crippen molar-refractivity contribution < 1.29 is 4.74 Å². The van der Waals surface area contributed by atoms with Gasteiger partial charge in [-0.3, -0.25) is 0 Å². The SMILES string of the molecule is S=C(NCCCc1ccccc1)Nc1ccc(Oc2ccccc2)nc1. The Kier molecular flexibility index (Phi) is 6.56. The Morgan fingerprint density at radius 2 is 1.65 bits per heavy atom. The van der Waals surface area contributed by atoms with Crippen molar-refractivity contribution >= 4 is 23.0 Å². The number of ether oxygens (including phenoxy) is 1. The smallest absolute Gasteiger partial charge is 0.219 e. The Hall–Kier alpha value is -2.92. The molecule has 1 aromatic heterocycles. The standard InChI is InChI=1S/C21H21N3OS/c26-21(22-15-7-10-17-8-3-1-4-9-17)24-18-13-14-20(23-16-18)25-19-11-5-2-6-12-19/h1-6,8-9,11-14,16H,7,10,15H2,(H2,22,24,26). The summed E-state index contributed by atoms with van der Waals surface area (Å²) in [6.07, 6.45) is 3.76. The highest BCUT2D eigenvalue weighted by molar-refractivity contribution is 7.80. The molecule has 0 saturated heterocycles. The number of benzene rings is 2. The molecule has 3 rings (SSSR count). The normalized spacial score (nSPS) is 10.2. The van der Waals surface area contributed by atoms with E-state index in [1.54, 1.807) is 6.20 Å². The molecule has 0 aliphatic carbocycles. The molecule has 0 atom stereocenters. The maximum absolute atomic E-state index is 5.67. The zero-order valence-electron chi connectivity index (χ0n) is 14.4. The van der Waals surface area contributed by atoms with E-state index in [1.165, 1.54) is 5.56 Å². The number of pyridine rings is 1. The van der Waals surface area contributed by atoms with Crippen molar-refractivity contribution in [1.29, 1.82) is 0 Å². The van der Waals surface area contributed by atoms with E-state index in [2.05, 4.69) is 39.9 Å². The monoisotopic (exact) mass is 363 g/mol. The van der Waals surface area contributed by atoms with Crippen molar-refractivity contribution in [3.8, 4) is 11.6 Å². The first-order valence-corrected chi connectivity index (χ1v) is 8.98. The second kappa shape index (κ2) is 9.53. The molecule has 0 amide bonds. The van der Waals surface area contributed by atoms with Gasteiger partial charge in [-0.05, 0) is 48.8 Å². The largest absolute Gasteiger partial charge is 0.439 e. The van der Waals surface area contributed by atoms with E-state index in [4.69, 9.17) is 17.0 Å². The van der Waals surface area contributed by atoms with Crippen LogP contribution in [0.15, 0.2) is 79.0 Å². The van der Waals surface area contributed by atoms with Gasteiger partial charge in [0, 0.05) is 12.6 Å². The van der Waals surface area contributed by atoms with Gasteiger partial charge in [0.25, 0.3) is 0 Å². The molecule has 3 aromatic rings. The highest BCUT2D eigenvalue weighted by atomic mass is 32.1. The van der Waals surface area contributed by atoms with Gasteiger partial charge in [-0.15, -0.1) is 0 Å². The van der Waals surface area contributed by atoms with Crippen molar-refractivity contribution in [2.24, 2.45) is 0 Å². The van der Waals surface area contributed by atoms with Crippen molar-refractivity contribution in [1.82, 2.24) is 10.3 Å². The number of nitrogens with one attached hydrogen (secondary N) is 2. The molecule has 0 aliphatic heterocycles. The molecule has 5 heteroatoms. The molecule has 0 unspecified atom stereocenters. The van der Waals surface area contributed by atoms with Gasteiger partial charge < -0.3 is 15.4 Å². The predicted molar refractivity (Wildman–Crippen MR) is 110 cm³/mol. The molecule has 0 saturated carbocycles. The van der Waals surface area contributed by atoms with Gasteiger partial charge in [0.1, 0.15) is 5.75 Å². The second-order valence-electron chi connectivity index (χ2n) is 5.77. The number of aromatic nitrogens is 1. The van der Waals surface area contributed by atoms with Crippen molar-refractivity contribution in [2.75, 3.05) is 11.9 Å². The van der Waals surface area contributed by atoms with Crippen LogP contribution in [0.25, 0.3) is 0 Å². The van der Waals surface area contributed by atoms with E-state index in [-0.39, 0.29) is 0 Å². The summed E-state index contributed by atoms with van der Waals surface area (Å²) in [5.74, 6) is 1.31. The lowest BCUT2D eigenvalue weighted by Crippen LogP contribution is -2.29. The summed E-state index contributed by atoms with van der Waals surface area (Å²) in [5, 5.41) is 6.95. The molecule has 0 spiro atoms. The molecule has 2 aromatic carbocycles. The Morgan fingerprint density at radius 3 is 2.35 bits per heavy atom. The Bertz CT molecular complexity index is 808. The summed E-state index contributed by atoms with van der Waals surface area (Å²) in [5.41, 5.74) is 2.16. The lowest BCUT2D eigenvalue weighted by molar-refractivity contribution is 0.463. The third-order valence-corrected chi connectivity index (χ3v) is 3.98. The van der Waals surface area contributed by atoms with E-state index < -0.39 is 0 Å². The maximum atomic E-state index is 5.67. The van der Waals surface area contributed by atoms with E-state index in [9.17, 15) is 0 Å². The van der Waals surface area contributed by atoms with Crippen molar-refractivity contribution in [3.05, 3.63) is 84.6 Å². The van der Waals surface area contributed by atoms with E-state index in [0.29, 0.717) is 11.0 Å². The first-order valence-electron chi connectivity index (χ1n) is 8.57. The lowest BCUT2D eigenvalue weighted by Gasteiger charge is -2.11. The van der Waals surface area contributed by atoms with Crippen LogP contribution in [0.3, 0.4) is 0 Å². The van der Waals surface area contributed by atoms with Gasteiger partial charge in [0.05, 0.1) is 11.9 Å². The zero-order chi connectivity index (χ0) is 18.0. The van der Waals surface area contributed by atoms with Crippen LogP contribution in [-0.2, 0) is 6.42 Å². The van der Waals surface area contributed by atoms with Gasteiger partial charge in [-0.1, -0.05) is 48.5 Å². The average molecular weight is 363 g/mol. The summed E-state index contributed by atoms with van der Waals surface area (Å²) in [6.45, 7) is 0.823. The van der Waals surface area contributed by atoms with Crippen LogP contribution in [0, 0.1) is 0 Å². The summed E-state index contributed by atoms with van der Waals surface area (Å²) in [4.78, 5) is 4.29. The molecule has 0 radical (unpaired) electrons. The van der Waals surface area contributed by atoms with E-state index in [1.807, 2.05) is 48.5 Å². The van der Waals surface area contributed by atoms with Gasteiger partial charge in [-0.25, -0.2) is 4.98 Å². The van der Waals surface area contributed by atoms with Gasteiger partial charge in [-0.2, -0.15) is 0 Å². The van der Waals surface area contributed by atoms with E-state index in [0.717, 1.165) is 30.8 Å². The third kappa shape index (κ3) is 5.86. The van der Waals surface area contributed by atoms with Crippen molar-refractivity contribution in [2.45, 2.75) is 12.8 Å². The number of anilines is 1. The third-order valence-electron chi connectivity index (χ3n) is 3.73. The van der Waals surface area contributed by atoms with Crippen LogP contribution in [0.1, 0.15) is 12.0 Å². The Balaban J connectivity index is 1.40. The fraction of sp³-hybridized carbons (Fsp3) is 0.143. The lowest BCUT2D eigenvalue weighted by atomic mass is 10.1. The zero-order valence-corrected chi connectivity index (χ0v) is 15.2. The highest BCUT2D eigenvalue weighted by Gasteiger charge is 2.01. The Labute approximate surface area is 159 Å². The summed E-state index contributed by atoms with van der Waals surface area (Å²) in [7, 11) is 0. The van der Waals surface area contributed by atoms with Gasteiger partial charge >= 0.3 is 0 Å². The van der Waals surface area contributed by atoms with Crippen LogP contribution >= 0.6 is 12.2 Å². The van der Waals surface area contributed by atoms with E-state index >= 15 is 0 Å². The predicted octanol–water partition coefficient (Wildman–Crippen LogP) is 4.79. The van der Waals surface area contributed by atoms with Crippen LogP contribution in [0.2, 0.25) is 0 Å². The van der Waals surface area contributed by atoms with Crippen LogP contribution in [-0.4, -0.2) is 16.6 Å². The molecule has 4 nitrogen and oxygen atoms in total. The number of hydrogen-bond acceptors (Lipinski definition) is 3. The van der Waals surface area contributed by atoms with Crippen LogP contribution in [0.4, 0.5) is 5.69 Å². The summed E-state index contributed by atoms with van der Waals surface area (Å²) in [6, 6.07) is 23.7. The number of para-hydroxylation sites is 1. The van der Waals surface area contributed by atoms with Crippen molar-refractivity contribution in [3.63, 3.8) is 0 Å². The maximum Gasteiger partial charge on any atom is 0.219 e. The number of rotatable bonds is 7. The number of thiocarbonyl (C=S) groups is 1. The number of nitrogens with zero attached hydrogens (tertiary/aromatic N) is 1. The molecule has 0 fully saturated rings. The molecule has 26 heavy (non-hydrogen) atoms. The molecule has 0 bridgehead atoms. The second-order valence-corrected chi connectivity index (χ2v) is 6.18. The Morgan fingerprint density at radius 1 is 0.923 bits per heavy atom. The van der Waals surface area contributed by atoms with Gasteiger partial charge in [0.2, 0.25) is 5.88 Å². The molecule has 132 valence electrons. The highest BCUT2D eigenvalue weighted by Crippen LogP contribution is 2.19. The van der Waals surface area contributed by atoms with Gasteiger partial charge in [0.15, 0.2) is 5.11 Å². The van der Waals surface area contributed by atoms with Crippen LogP contribution < -0.4 is 15.4 Å². The molecule has 1 heterocycles. The molecular weight excluding hydrogens is 342 g/mol. The minimum atomic E-state index is 0.545. The topological polar surface area (TPSA) is 46.2 Å². The summed E-state index contributed by atoms with van der Waals surface area (Å²) < 4.78 is 5.67. The fourth-order valence-corrected chi connectivity index (χ4v) is 2.66. The molecule has 2 N–H and O–H groups in total. The fourth-order valence-electron chi connectivity index (χ4n) is 2.44. The first kappa shape index (κ1) is 17.9. The van der Waals surface area contributed by atoms with Crippen LogP contribution in [0.5, 0.6) is 11.6 Å². The minimum Gasteiger partial charge on any atom is -0.439 e. The number of aryl methyl sites for hydroxylation is 1. The quantitative estimate of drug-likeness (QED) is 0.467. The molecule has 0 aliphatic rings. The minimum absolute atomic E-state index is 0.545. The first-order chi connectivity index (χ1) is 12.8.